The van der Waals surface area contributed by atoms with Crippen molar-refractivity contribution in [2.24, 2.45) is 0 Å². The van der Waals surface area contributed by atoms with E-state index in [2.05, 4.69) is 16.0 Å². The first-order valence-electron chi connectivity index (χ1n) is 11.3. The fourth-order valence-corrected chi connectivity index (χ4v) is 3.68. The van der Waals surface area contributed by atoms with Gasteiger partial charge in [-0.15, -0.1) is 0 Å². The molecule has 0 radical (unpaired) electrons. The Morgan fingerprint density at radius 2 is 1.53 bits per heavy atom. The van der Waals surface area contributed by atoms with Gasteiger partial charge in [-0.2, -0.15) is 0 Å². The number of urea groups is 1. The second-order valence-electron chi connectivity index (χ2n) is 7.98. The molecule has 0 atom stereocenters. The summed E-state index contributed by atoms with van der Waals surface area (Å²) in [5, 5.41) is 9.79. The Balaban J connectivity index is 1.36. The molecule has 0 aromatic heterocycles. The van der Waals surface area contributed by atoms with E-state index >= 15 is 0 Å². The monoisotopic (exact) mass is 485 g/mol. The third kappa shape index (κ3) is 5.85. The zero-order valence-electron chi connectivity index (χ0n) is 20.3. The number of fused-ring (bicyclic) bond motifs is 1. The van der Waals surface area contributed by atoms with Crippen molar-refractivity contribution < 1.29 is 23.8 Å². The Kier molecular flexibility index (Phi) is 7.55. The third-order valence-electron chi connectivity index (χ3n) is 5.52. The number of rotatable bonds is 8. The maximum atomic E-state index is 12.2. The van der Waals surface area contributed by atoms with Crippen LogP contribution in [0.2, 0.25) is 0 Å². The van der Waals surface area contributed by atoms with Crippen LogP contribution in [0.4, 0.5) is 16.2 Å². The van der Waals surface area contributed by atoms with Crippen molar-refractivity contribution in [2.45, 2.75) is 6.92 Å². The largest absolute Gasteiger partial charge is 0.493 e. The molecule has 0 aliphatic heterocycles. The Labute approximate surface area is 209 Å². The lowest BCUT2D eigenvalue weighted by molar-refractivity contribution is -0.118. The van der Waals surface area contributed by atoms with Crippen molar-refractivity contribution in [3.63, 3.8) is 0 Å². The molecular formula is C28H27N3O5. The minimum atomic E-state index is -0.615. The second-order valence-corrected chi connectivity index (χ2v) is 7.98. The van der Waals surface area contributed by atoms with E-state index < -0.39 is 11.9 Å². The normalized spacial score (nSPS) is 10.4. The molecule has 0 saturated carbocycles. The predicted octanol–water partition coefficient (Wildman–Crippen LogP) is 5.72. The number of para-hydroxylation sites is 1. The van der Waals surface area contributed by atoms with Gasteiger partial charge < -0.3 is 24.8 Å². The van der Waals surface area contributed by atoms with Crippen LogP contribution in [0.3, 0.4) is 0 Å². The molecule has 0 aliphatic rings. The van der Waals surface area contributed by atoms with Gasteiger partial charge in [0.05, 0.1) is 20.8 Å². The van der Waals surface area contributed by atoms with Gasteiger partial charge in [-0.25, -0.2) is 4.79 Å². The summed E-state index contributed by atoms with van der Waals surface area (Å²) in [5.74, 6) is 2.04. The molecule has 4 aromatic carbocycles. The number of anilines is 2. The Hall–Kier alpha value is -4.72. The molecule has 4 aromatic rings. The van der Waals surface area contributed by atoms with Gasteiger partial charge in [0.1, 0.15) is 11.5 Å². The summed E-state index contributed by atoms with van der Waals surface area (Å²) in [4.78, 5) is 24.3. The highest BCUT2D eigenvalue weighted by atomic mass is 16.5. The minimum absolute atomic E-state index is 0.0211. The predicted molar refractivity (Wildman–Crippen MR) is 140 cm³/mol. The quantitative estimate of drug-likeness (QED) is 0.295. The number of benzene rings is 4. The molecule has 0 bridgehead atoms. The Morgan fingerprint density at radius 3 is 2.25 bits per heavy atom. The third-order valence-corrected chi connectivity index (χ3v) is 5.52. The molecule has 0 fully saturated rings. The molecular weight excluding hydrogens is 458 g/mol. The van der Waals surface area contributed by atoms with E-state index in [-0.39, 0.29) is 6.54 Å². The molecule has 3 N–H and O–H groups in total. The van der Waals surface area contributed by atoms with Gasteiger partial charge in [-0.05, 0) is 66.4 Å². The van der Waals surface area contributed by atoms with Crippen LogP contribution in [0.25, 0.3) is 10.8 Å². The zero-order valence-corrected chi connectivity index (χ0v) is 20.3. The summed E-state index contributed by atoms with van der Waals surface area (Å²) < 4.78 is 16.9. The number of aryl methyl sites for hydroxylation is 1. The molecule has 3 amide bonds. The first-order chi connectivity index (χ1) is 17.5. The van der Waals surface area contributed by atoms with E-state index in [0.29, 0.717) is 28.7 Å². The maximum absolute atomic E-state index is 12.2. The van der Waals surface area contributed by atoms with Crippen molar-refractivity contribution in [1.82, 2.24) is 5.32 Å². The van der Waals surface area contributed by atoms with Gasteiger partial charge in [-0.3, -0.25) is 10.1 Å². The number of imide groups is 1. The summed E-state index contributed by atoms with van der Waals surface area (Å²) in [6.45, 7) is 1.92. The van der Waals surface area contributed by atoms with Gasteiger partial charge in [0, 0.05) is 16.8 Å². The zero-order chi connectivity index (χ0) is 25.5. The van der Waals surface area contributed by atoms with Gasteiger partial charge >= 0.3 is 6.03 Å². The first kappa shape index (κ1) is 24.4. The Morgan fingerprint density at radius 1 is 0.806 bits per heavy atom. The number of amides is 3. The lowest BCUT2D eigenvalue weighted by atomic mass is 10.1. The molecule has 0 saturated heterocycles. The molecule has 8 heteroatoms. The van der Waals surface area contributed by atoms with Crippen LogP contribution in [0.15, 0.2) is 78.9 Å². The molecule has 0 unspecified atom stereocenters. The second kappa shape index (κ2) is 11.1. The van der Waals surface area contributed by atoms with E-state index in [9.17, 15) is 9.59 Å². The number of hydrogen-bond donors (Lipinski definition) is 3. The van der Waals surface area contributed by atoms with Gasteiger partial charge in [-0.1, -0.05) is 30.3 Å². The molecule has 0 spiro atoms. The van der Waals surface area contributed by atoms with Crippen LogP contribution in [0.5, 0.6) is 23.0 Å². The van der Waals surface area contributed by atoms with E-state index in [4.69, 9.17) is 14.2 Å². The topological polar surface area (TPSA) is 97.9 Å². The number of nitrogens with one attached hydrogen (secondary N) is 3. The van der Waals surface area contributed by atoms with E-state index in [1.54, 1.807) is 38.5 Å². The number of methoxy groups -OCH3 is 2. The fourth-order valence-electron chi connectivity index (χ4n) is 3.68. The summed E-state index contributed by atoms with van der Waals surface area (Å²) in [6, 6.07) is 23.3. The number of carbonyl (C=O) groups excluding carboxylic acids is 2. The molecule has 8 nitrogen and oxygen atoms in total. The highest BCUT2D eigenvalue weighted by Crippen LogP contribution is 2.37. The average Bonchev–Trinajstić information content (AvgIpc) is 2.88. The first-order valence-corrected chi connectivity index (χ1v) is 11.3. The highest BCUT2D eigenvalue weighted by Gasteiger charge is 2.11. The van der Waals surface area contributed by atoms with Crippen LogP contribution < -0.4 is 30.2 Å². The van der Waals surface area contributed by atoms with E-state index in [1.165, 1.54) is 0 Å². The van der Waals surface area contributed by atoms with Gasteiger partial charge in [0.25, 0.3) is 0 Å². The summed E-state index contributed by atoms with van der Waals surface area (Å²) in [6.07, 6.45) is 0. The molecule has 0 heterocycles. The van der Waals surface area contributed by atoms with Crippen molar-refractivity contribution in [2.75, 3.05) is 31.4 Å². The lowest BCUT2D eigenvalue weighted by Gasteiger charge is -2.13. The van der Waals surface area contributed by atoms with Crippen molar-refractivity contribution in [3.8, 4) is 23.0 Å². The van der Waals surface area contributed by atoms with Crippen LogP contribution in [0.1, 0.15) is 5.56 Å². The minimum Gasteiger partial charge on any atom is -0.493 e. The molecule has 0 aliphatic carbocycles. The van der Waals surface area contributed by atoms with Gasteiger partial charge in [0.15, 0.2) is 11.5 Å². The van der Waals surface area contributed by atoms with Crippen molar-refractivity contribution >= 4 is 34.1 Å². The number of ether oxygens (including phenoxy) is 3. The fraction of sp³-hybridized carbons (Fsp3) is 0.143. The Bertz CT molecular complexity index is 1390. The van der Waals surface area contributed by atoms with Crippen LogP contribution in [-0.4, -0.2) is 32.7 Å². The van der Waals surface area contributed by atoms with Crippen LogP contribution in [0, 0.1) is 6.92 Å². The standard InChI is InChI=1S/C28H27N3O5/c1-18-7-4-5-9-23(18)29-17-27(32)31-28(33)30-20-11-13-21(14-12-20)36-24-10-6-8-19-15-25(34-2)26(35-3)16-22(19)24/h4-16,29H,17H2,1-3H3,(H2,30,31,32,33). The van der Waals surface area contributed by atoms with Gasteiger partial charge in [0.2, 0.25) is 5.91 Å². The lowest BCUT2D eigenvalue weighted by Crippen LogP contribution is -2.38. The maximum Gasteiger partial charge on any atom is 0.325 e. The van der Waals surface area contributed by atoms with Crippen molar-refractivity contribution in [1.29, 1.82) is 0 Å². The molecule has 184 valence electrons. The van der Waals surface area contributed by atoms with Crippen LogP contribution >= 0.6 is 0 Å². The molecule has 4 rings (SSSR count). The highest BCUT2D eigenvalue weighted by molar-refractivity contribution is 6.02. The SMILES string of the molecule is COc1cc2cccc(Oc3ccc(NC(=O)NC(=O)CNc4ccccc4C)cc3)c2cc1OC. The van der Waals surface area contributed by atoms with E-state index in [0.717, 1.165) is 22.0 Å². The van der Waals surface area contributed by atoms with Crippen LogP contribution in [-0.2, 0) is 4.79 Å². The number of carbonyl (C=O) groups is 2. The number of hydrogen-bond acceptors (Lipinski definition) is 6. The average molecular weight is 486 g/mol. The molecule has 36 heavy (non-hydrogen) atoms. The van der Waals surface area contributed by atoms with Crippen molar-refractivity contribution in [3.05, 3.63) is 84.4 Å². The summed E-state index contributed by atoms with van der Waals surface area (Å²) in [5.41, 5.74) is 2.37. The summed E-state index contributed by atoms with van der Waals surface area (Å²) in [7, 11) is 3.18. The van der Waals surface area contributed by atoms with E-state index in [1.807, 2.05) is 61.5 Å². The smallest absolute Gasteiger partial charge is 0.325 e. The summed E-state index contributed by atoms with van der Waals surface area (Å²) >= 11 is 0.